The first-order valence-corrected chi connectivity index (χ1v) is 6.08. The first-order valence-electron chi connectivity index (χ1n) is 6.08. The second-order valence-electron chi connectivity index (χ2n) is 4.33. The lowest BCUT2D eigenvalue weighted by molar-refractivity contribution is -0.149. The maximum absolute atomic E-state index is 11.6. The lowest BCUT2D eigenvalue weighted by Crippen LogP contribution is -2.29. The average Bonchev–Trinajstić information content (AvgIpc) is 2.42. The Balaban J connectivity index is 2.89. The normalized spacial score (nSPS) is 22.7. The summed E-state index contributed by atoms with van der Waals surface area (Å²) < 4.78 is 4.70. The standard InChI is InChI=1S/C14H20O3/c1-11(15)13(14(16)17-2)12-9-7-5-3-4-6-8-10-12/h7-10,12-13H,3-6H2,1-2H3/b9-7-,10-8-. The number of allylic oxidation sites excluding steroid dienone is 4. The maximum atomic E-state index is 11.6. The molecule has 0 aromatic rings. The van der Waals surface area contributed by atoms with Gasteiger partial charge in [-0.2, -0.15) is 0 Å². The Hall–Kier alpha value is -1.38. The largest absolute Gasteiger partial charge is 0.468 e. The third-order valence-electron chi connectivity index (χ3n) is 2.99. The predicted octanol–water partition coefficient (Wildman–Crippen LogP) is 2.67. The molecule has 0 aromatic heterocycles. The molecule has 0 saturated heterocycles. The first-order chi connectivity index (χ1) is 8.16. The van der Waals surface area contributed by atoms with Gasteiger partial charge in [0.15, 0.2) is 0 Å². The van der Waals surface area contributed by atoms with E-state index in [2.05, 4.69) is 12.2 Å². The molecule has 0 amide bonds. The van der Waals surface area contributed by atoms with Gasteiger partial charge < -0.3 is 4.74 Å². The van der Waals surface area contributed by atoms with Gasteiger partial charge in [0.05, 0.1) is 7.11 Å². The summed E-state index contributed by atoms with van der Waals surface area (Å²) in [6.45, 7) is 1.44. The van der Waals surface area contributed by atoms with E-state index in [-0.39, 0.29) is 11.7 Å². The fourth-order valence-corrected chi connectivity index (χ4v) is 2.04. The first kappa shape index (κ1) is 13.7. The summed E-state index contributed by atoms with van der Waals surface area (Å²) >= 11 is 0. The van der Waals surface area contributed by atoms with E-state index in [1.165, 1.54) is 14.0 Å². The van der Waals surface area contributed by atoms with E-state index >= 15 is 0 Å². The predicted molar refractivity (Wildman–Crippen MR) is 66.4 cm³/mol. The van der Waals surface area contributed by atoms with Crippen LogP contribution in [0.3, 0.4) is 0 Å². The van der Waals surface area contributed by atoms with Crippen LogP contribution in [0.2, 0.25) is 0 Å². The van der Waals surface area contributed by atoms with Gasteiger partial charge in [0.25, 0.3) is 0 Å². The SMILES string of the molecule is COC(=O)C(C(C)=O)C1/C=C\CCCC/C=C\1. The Morgan fingerprint density at radius 2 is 1.71 bits per heavy atom. The summed E-state index contributed by atoms with van der Waals surface area (Å²) in [7, 11) is 1.32. The van der Waals surface area contributed by atoms with Crippen LogP contribution in [0.1, 0.15) is 32.6 Å². The van der Waals surface area contributed by atoms with Crippen molar-refractivity contribution in [2.75, 3.05) is 7.11 Å². The third-order valence-corrected chi connectivity index (χ3v) is 2.99. The van der Waals surface area contributed by atoms with Crippen LogP contribution in [0.5, 0.6) is 0 Å². The minimum absolute atomic E-state index is 0.143. The highest BCUT2D eigenvalue weighted by Gasteiger charge is 2.30. The lowest BCUT2D eigenvalue weighted by atomic mass is 9.88. The summed E-state index contributed by atoms with van der Waals surface area (Å²) in [6, 6.07) is 0. The number of ether oxygens (including phenoxy) is 1. The monoisotopic (exact) mass is 236 g/mol. The van der Waals surface area contributed by atoms with Crippen molar-refractivity contribution in [1.82, 2.24) is 0 Å². The van der Waals surface area contributed by atoms with Crippen LogP contribution < -0.4 is 0 Å². The highest BCUT2D eigenvalue weighted by Crippen LogP contribution is 2.21. The highest BCUT2D eigenvalue weighted by atomic mass is 16.5. The second-order valence-corrected chi connectivity index (χ2v) is 4.33. The summed E-state index contributed by atoms with van der Waals surface area (Å²) in [5.74, 6) is -1.46. The molecule has 0 aromatic carbocycles. The quantitative estimate of drug-likeness (QED) is 0.430. The fraction of sp³-hybridized carbons (Fsp3) is 0.571. The molecule has 0 N–H and O–H groups in total. The van der Waals surface area contributed by atoms with Crippen molar-refractivity contribution in [3.63, 3.8) is 0 Å². The van der Waals surface area contributed by atoms with Gasteiger partial charge in [0.2, 0.25) is 0 Å². The maximum Gasteiger partial charge on any atom is 0.317 e. The summed E-state index contributed by atoms with van der Waals surface area (Å²) in [6.07, 6.45) is 12.3. The van der Waals surface area contributed by atoms with Gasteiger partial charge in [-0.3, -0.25) is 9.59 Å². The Morgan fingerprint density at radius 3 is 2.12 bits per heavy atom. The average molecular weight is 236 g/mol. The molecule has 1 rings (SSSR count). The molecule has 3 nitrogen and oxygen atoms in total. The van der Waals surface area contributed by atoms with Crippen LogP contribution in [-0.2, 0) is 14.3 Å². The van der Waals surface area contributed by atoms with E-state index in [4.69, 9.17) is 4.74 Å². The molecule has 3 heteroatoms. The van der Waals surface area contributed by atoms with Crippen molar-refractivity contribution < 1.29 is 14.3 Å². The Morgan fingerprint density at radius 1 is 1.18 bits per heavy atom. The van der Waals surface area contributed by atoms with Gasteiger partial charge >= 0.3 is 5.97 Å². The van der Waals surface area contributed by atoms with E-state index in [0.717, 1.165) is 25.7 Å². The van der Waals surface area contributed by atoms with Crippen LogP contribution in [0, 0.1) is 11.8 Å². The molecule has 0 aliphatic heterocycles. The number of carbonyl (C=O) groups is 2. The van der Waals surface area contributed by atoms with Crippen LogP contribution in [-0.4, -0.2) is 18.9 Å². The number of esters is 1. The Bertz CT molecular complexity index is 312. The topological polar surface area (TPSA) is 43.4 Å². The minimum atomic E-state index is -0.703. The van der Waals surface area contributed by atoms with Gasteiger partial charge in [0.1, 0.15) is 11.7 Å². The molecular weight excluding hydrogens is 216 g/mol. The molecule has 0 spiro atoms. The van der Waals surface area contributed by atoms with Crippen LogP contribution >= 0.6 is 0 Å². The second kappa shape index (κ2) is 7.05. The molecule has 0 bridgehead atoms. The molecule has 0 saturated carbocycles. The molecule has 0 heterocycles. The third kappa shape index (κ3) is 4.17. The number of hydrogen-bond donors (Lipinski definition) is 0. The van der Waals surface area contributed by atoms with Gasteiger partial charge in [-0.25, -0.2) is 0 Å². The smallest absolute Gasteiger partial charge is 0.317 e. The number of rotatable bonds is 3. The molecule has 1 aliphatic carbocycles. The molecule has 0 fully saturated rings. The van der Waals surface area contributed by atoms with Crippen LogP contribution in [0.25, 0.3) is 0 Å². The van der Waals surface area contributed by atoms with Crippen molar-refractivity contribution in [1.29, 1.82) is 0 Å². The van der Waals surface area contributed by atoms with Crippen LogP contribution in [0.4, 0.5) is 0 Å². The van der Waals surface area contributed by atoms with Crippen molar-refractivity contribution in [3.8, 4) is 0 Å². The number of ketones is 1. The molecule has 94 valence electrons. The summed E-state index contributed by atoms with van der Waals surface area (Å²) in [5, 5.41) is 0. The van der Waals surface area contributed by atoms with E-state index < -0.39 is 11.9 Å². The highest BCUT2D eigenvalue weighted by molar-refractivity contribution is 5.98. The Kier molecular flexibility index (Phi) is 5.67. The molecule has 1 atom stereocenters. The molecule has 17 heavy (non-hydrogen) atoms. The number of methoxy groups -OCH3 is 1. The molecule has 1 unspecified atom stereocenters. The van der Waals surface area contributed by atoms with Crippen molar-refractivity contribution in [3.05, 3.63) is 24.3 Å². The zero-order valence-corrected chi connectivity index (χ0v) is 10.5. The number of Topliss-reactive ketones (excluding diaryl/α,β-unsaturated/α-hetero) is 1. The van der Waals surface area contributed by atoms with Gasteiger partial charge in [0, 0.05) is 5.92 Å². The van der Waals surface area contributed by atoms with E-state index in [1.807, 2.05) is 12.2 Å². The zero-order valence-electron chi connectivity index (χ0n) is 10.5. The molecular formula is C14H20O3. The van der Waals surface area contributed by atoms with Gasteiger partial charge in [-0.1, -0.05) is 24.3 Å². The van der Waals surface area contributed by atoms with Gasteiger partial charge in [-0.15, -0.1) is 0 Å². The minimum Gasteiger partial charge on any atom is -0.468 e. The van der Waals surface area contributed by atoms with Crippen molar-refractivity contribution >= 4 is 11.8 Å². The van der Waals surface area contributed by atoms with E-state index in [9.17, 15) is 9.59 Å². The molecule has 1 aliphatic rings. The van der Waals surface area contributed by atoms with E-state index in [0.29, 0.717) is 0 Å². The van der Waals surface area contributed by atoms with Gasteiger partial charge in [-0.05, 0) is 32.6 Å². The van der Waals surface area contributed by atoms with Crippen molar-refractivity contribution in [2.24, 2.45) is 11.8 Å². The number of hydrogen-bond acceptors (Lipinski definition) is 3. The van der Waals surface area contributed by atoms with Crippen molar-refractivity contribution in [2.45, 2.75) is 32.6 Å². The summed E-state index contributed by atoms with van der Waals surface area (Å²) in [5.41, 5.74) is 0. The number of carbonyl (C=O) groups excluding carboxylic acids is 2. The van der Waals surface area contributed by atoms with E-state index in [1.54, 1.807) is 0 Å². The fourth-order valence-electron chi connectivity index (χ4n) is 2.04. The lowest BCUT2D eigenvalue weighted by Gasteiger charge is -2.17. The molecule has 0 radical (unpaired) electrons. The summed E-state index contributed by atoms with van der Waals surface area (Å²) in [4.78, 5) is 23.2. The van der Waals surface area contributed by atoms with Crippen LogP contribution in [0.15, 0.2) is 24.3 Å². The zero-order chi connectivity index (χ0) is 12.7. The Labute approximate surface area is 103 Å².